The van der Waals surface area contributed by atoms with Gasteiger partial charge in [-0.25, -0.2) is 9.18 Å². The van der Waals surface area contributed by atoms with Gasteiger partial charge in [-0.15, -0.1) is 0 Å². The summed E-state index contributed by atoms with van der Waals surface area (Å²) in [5.74, 6) is -2.06. The first-order valence-electron chi connectivity index (χ1n) is 8.70. The van der Waals surface area contributed by atoms with E-state index in [0.717, 1.165) is 19.2 Å². The molecule has 0 atom stereocenters. The topological polar surface area (TPSA) is 111 Å². The van der Waals surface area contributed by atoms with E-state index in [2.05, 4.69) is 10.1 Å². The molecule has 2 aromatic carbocycles. The molecule has 1 aliphatic heterocycles. The van der Waals surface area contributed by atoms with E-state index in [9.17, 15) is 24.1 Å². The highest BCUT2D eigenvalue weighted by Gasteiger charge is 2.20. The van der Waals surface area contributed by atoms with Crippen molar-refractivity contribution < 1.29 is 28.4 Å². The number of morpholine rings is 1. The molecule has 9 nitrogen and oxygen atoms in total. The number of carbonyl (C=O) groups is 2. The maximum Gasteiger partial charge on any atom is 0.338 e. The van der Waals surface area contributed by atoms with Crippen LogP contribution in [0.5, 0.6) is 0 Å². The smallest absolute Gasteiger partial charge is 0.338 e. The molecule has 1 heterocycles. The second-order valence-electron chi connectivity index (χ2n) is 6.24. The number of amides is 1. The van der Waals surface area contributed by atoms with Crippen molar-refractivity contribution in [3.05, 3.63) is 63.5 Å². The Labute approximate surface area is 165 Å². The molecule has 0 aromatic heterocycles. The summed E-state index contributed by atoms with van der Waals surface area (Å²) in [4.78, 5) is 36.4. The van der Waals surface area contributed by atoms with Gasteiger partial charge in [0.25, 0.3) is 11.6 Å². The number of non-ortho nitro benzene ring substituents is 1. The Morgan fingerprint density at radius 3 is 2.48 bits per heavy atom. The fraction of sp³-hybridized carbons (Fsp3) is 0.263. The number of rotatable bonds is 5. The molecular weight excluding hydrogens is 385 g/mol. The number of nitrogens with one attached hydrogen (secondary N) is 1. The third kappa shape index (κ3) is 4.66. The number of hydrogen-bond donors (Lipinski definition) is 1. The number of benzene rings is 2. The first-order chi connectivity index (χ1) is 13.9. The van der Waals surface area contributed by atoms with E-state index in [0.29, 0.717) is 32.0 Å². The summed E-state index contributed by atoms with van der Waals surface area (Å²) >= 11 is 0. The molecule has 3 rings (SSSR count). The van der Waals surface area contributed by atoms with Crippen molar-refractivity contribution in [2.75, 3.05) is 43.6 Å². The van der Waals surface area contributed by atoms with E-state index in [-0.39, 0.29) is 16.8 Å². The Morgan fingerprint density at radius 1 is 1.17 bits per heavy atom. The van der Waals surface area contributed by atoms with Crippen LogP contribution >= 0.6 is 0 Å². The predicted octanol–water partition coefficient (Wildman–Crippen LogP) is 2.61. The minimum Gasteiger partial charge on any atom is -0.465 e. The monoisotopic (exact) mass is 403 g/mol. The molecule has 1 fully saturated rings. The Hall–Kier alpha value is -3.53. The molecule has 1 saturated heterocycles. The zero-order chi connectivity index (χ0) is 21.0. The van der Waals surface area contributed by atoms with Crippen LogP contribution in [-0.4, -0.2) is 50.2 Å². The van der Waals surface area contributed by atoms with Crippen LogP contribution in [0.1, 0.15) is 20.7 Å². The van der Waals surface area contributed by atoms with Gasteiger partial charge in [-0.1, -0.05) is 0 Å². The third-order valence-electron chi connectivity index (χ3n) is 4.37. The molecule has 10 heteroatoms. The molecule has 0 radical (unpaired) electrons. The lowest BCUT2D eigenvalue weighted by Crippen LogP contribution is -2.36. The zero-order valence-corrected chi connectivity index (χ0v) is 15.5. The van der Waals surface area contributed by atoms with Gasteiger partial charge in [0.15, 0.2) is 0 Å². The summed E-state index contributed by atoms with van der Waals surface area (Å²) in [7, 11) is 1.12. The molecule has 2 aromatic rings. The van der Waals surface area contributed by atoms with Crippen LogP contribution in [0.15, 0.2) is 36.4 Å². The van der Waals surface area contributed by atoms with Gasteiger partial charge >= 0.3 is 5.97 Å². The quantitative estimate of drug-likeness (QED) is 0.464. The molecule has 0 saturated carbocycles. The third-order valence-corrected chi connectivity index (χ3v) is 4.37. The molecular formula is C19H18FN3O6. The minimum atomic E-state index is -0.816. The van der Waals surface area contributed by atoms with Crippen LogP contribution < -0.4 is 10.2 Å². The highest BCUT2D eigenvalue weighted by molar-refractivity contribution is 6.06. The maximum atomic E-state index is 14.5. The van der Waals surface area contributed by atoms with Gasteiger partial charge in [-0.05, 0) is 24.3 Å². The Morgan fingerprint density at radius 2 is 1.86 bits per heavy atom. The van der Waals surface area contributed by atoms with Crippen molar-refractivity contribution in [1.29, 1.82) is 0 Å². The number of hydrogen-bond acceptors (Lipinski definition) is 7. The van der Waals surface area contributed by atoms with E-state index < -0.39 is 28.3 Å². The van der Waals surface area contributed by atoms with Crippen LogP contribution in [0.25, 0.3) is 0 Å². The average molecular weight is 403 g/mol. The van der Waals surface area contributed by atoms with E-state index in [4.69, 9.17) is 4.74 Å². The van der Waals surface area contributed by atoms with Crippen molar-refractivity contribution in [3.8, 4) is 0 Å². The van der Waals surface area contributed by atoms with Gasteiger partial charge in [-0.3, -0.25) is 14.9 Å². The minimum absolute atomic E-state index is 0.128. The van der Waals surface area contributed by atoms with Gasteiger partial charge in [-0.2, -0.15) is 0 Å². The summed E-state index contributed by atoms with van der Waals surface area (Å²) in [6.07, 6.45) is 0. The summed E-state index contributed by atoms with van der Waals surface area (Å²) in [6, 6.07) is 7.46. The van der Waals surface area contributed by atoms with Crippen LogP contribution in [0.3, 0.4) is 0 Å². The molecule has 152 valence electrons. The number of halogens is 1. The summed E-state index contributed by atoms with van der Waals surface area (Å²) in [5, 5.41) is 13.6. The predicted molar refractivity (Wildman–Crippen MR) is 102 cm³/mol. The molecule has 0 spiro atoms. The molecule has 1 N–H and O–H groups in total. The molecule has 0 bridgehead atoms. The summed E-state index contributed by atoms with van der Waals surface area (Å²) in [5.41, 5.74) is -0.130. The van der Waals surface area contributed by atoms with Crippen molar-refractivity contribution >= 4 is 28.9 Å². The number of esters is 1. The Balaban J connectivity index is 1.82. The van der Waals surface area contributed by atoms with E-state index in [1.807, 2.05) is 4.90 Å². The number of methoxy groups -OCH3 is 1. The van der Waals surface area contributed by atoms with Gasteiger partial charge < -0.3 is 19.7 Å². The molecule has 0 aliphatic carbocycles. The normalized spacial score (nSPS) is 13.7. The van der Waals surface area contributed by atoms with E-state index in [1.165, 1.54) is 18.2 Å². The molecule has 0 unspecified atom stereocenters. The fourth-order valence-corrected chi connectivity index (χ4v) is 2.93. The highest BCUT2D eigenvalue weighted by Crippen LogP contribution is 2.25. The zero-order valence-electron chi connectivity index (χ0n) is 15.5. The molecule has 29 heavy (non-hydrogen) atoms. The molecule has 1 amide bonds. The van der Waals surface area contributed by atoms with Crippen molar-refractivity contribution in [3.63, 3.8) is 0 Å². The van der Waals surface area contributed by atoms with E-state index in [1.54, 1.807) is 6.07 Å². The second-order valence-corrected chi connectivity index (χ2v) is 6.24. The van der Waals surface area contributed by atoms with Crippen LogP contribution in [-0.2, 0) is 9.47 Å². The first kappa shape index (κ1) is 20.2. The fourth-order valence-electron chi connectivity index (χ4n) is 2.93. The summed E-state index contributed by atoms with van der Waals surface area (Å²) in [6.45, 7) is 2.14. The summed E-state index contributed by atoms with van der Waals surface area (Å²) < 4.78 is 24.3. The van der Waals surface area contributed by atoms with Crippen molar-refractivity contribution in [2.45, 2.75) is 0 Å². The van der Waals surface area contributed by atoms with Crippen LogP contribution in [0.2, 0.25) is 0 Å². The first-order valence-corrected chi connectivity index (χ1v) is 8.70. The molecule has 1 aliphatic rings. The van der Waals surface area contributed by atoms with Crippen LogP contribution in [0.4, 0.5) is 21.5 Å². The lowest BCUT2D eigenvalue weighted by atomic mass is 10.1. The number of carbonyl (C=O) groups excluding carboxylic acids is 2. The number of nitrogens with zero attached hydrogens (tertiary/aromatic N) is 2. The SMILES string of the molecule is COC(=O)c1cc(C(=O)Nc2ccc(N3CCOCC3)c(F)c2)cc([N+](=O)[O-])c1. The number of nitro groups is 1. The number of anilines is 2. The van der Waals surface area contributed by atoms with Gasteiger partial charge in [0.1, 0.15) is 5.82 Å². The second kappa shape index (κ2) is 8.65. The maximum absolute atomic E-state index is 14.5. The van der Waals surface area contributed by atoms with E-state index >= 15 is 0 Å². The van der Waals surface area contributed by atoms with Gasteiger partial charge in [0.2, 0.25) is 0 Å². The largest absolute Gasteiger partial charge is 0.465 e. The standard InChI is InChI=1S/C19H18FN3O6/c1-28-19(25)13-8-12(9-15(10-13)23(26)27)18(24)21-14-2-3-17(16(20)11-14)22-4-6-29-7-5-22/h2-3,8-11H,4-7H2,1H3,(H,21,24). The Bertz CT molecular complexity index is 959. The average Bonchev–Trinajstić information content (AvgIpc) is 2.73. The van der Waals surface area contributed by atoms with Gasteiger partial charge in [0, 0.05) is 36.5 Å². The van der Waals surface area contributed by atoms with Crippen LogP contribution in [0, 0.1) is 15.9 Å². The Kier molecular flexibility index (Phi) is 6.03. The highest BCUT2D eigenvalue weighted by atomic mass is 19.1. The van der Waals surface area contributed by atoms with Gasteiger partial charge in [0.05, 0.1) is 36.5 Å². The number of nitro benzene ring substituents is 1. The number of ether oxygens (including phenoxy) is 2. The lowest BCUT2D eigenvalue weighted by molar-refractivity contribution is -0.384. The van der Waals surface area contributed by atoms with Crippen molar-refractivity contribution in [1.82, 2.24) is 0 Å². The van der Waals surface area contributed by atoms with Crippen molar-refractivity contribution in [2.24, 2.45) is 0 Å². The lowest BCUT2D eigenvalue weighted by Gasteiger charge is -2.29.